The zero-order chi connectivity index (χ0) is 23.0. The highest BCUT2D eigenvalue weighted by atomic mass is 32.2. The number of rotatable bonds is 5. The van der Waals surface area contributed by atoms with Gasteiger partial charge in [-0.25, -0.2) is 4.90 Å². The van der Waals surface area contributed by atoms with Crippen LogP contribution in [0.3, 0.4) is 0 Å². The van der Waals surface area contributed by atoms with Gasteiger partial charge in [-0.3, -0.25) is 20.3 Å². The summed E-state index contributed by atoms with van der Waals surface area (Å²) in [6.45, 7) is 4.01. The number of nitrogens with one attached hydrogen (secondary N) is 1. The minimum Gasteiger partial charge on any atom is -0.497 e. The van der Waals surface area contributed by atoms with E-state index >= 15 is 0 Å². The average molecular weight is 472 g/mol. The lowest BCUT2D eigenvalue weighted by atomic mass is 10.1. The third-order valence-corrected chi connectivity index (χ3v) is 6.19. The number of methoxy groups -OCH3 is 1. The summed E-state index contributed by atoms with van der Waals surface area (Å²) < 4.78 is 15.1. The Morgan fingerprint density at radius 3 is 2.81 bits per heavy atom. The minimum absolute atomic E-state index is 0.0402. The molecule has 1 aromatic heterocycles. The molecule has 0 aliphatic carbocycles. The quantitative estimate of drug-likeness (QED) is 0.290. The number of nitrogens with zero attached hydrogens (tertiary/aromatic N) is 4. The van der Waals surface area contributed by atoms with Crippen LogP contribution in [0.1, 0.15) is 19.6 Å². The zero-order valence-electron chi connectivity index (χ0n) is 17.2. The molecule has 4 rings (SSSR count). The first-order chi connectivity index (χ1) is 15.3. The van der Waals surface area contributed by atoms with Crippen LogP contribution in [-0.4, -0.2) is 44.3 Å². The lowest BCUT2D eigenvalue weighted by molar-refractivity contribution is -0.384. The third-order valence-electron chi connectivity index (χ3n) is 4.42. The van der Waals surface area contributed by atoms with E-state index < -0.39 is 10.8 Å². The summed E-state index contributed by atoms with van der Waals surface area (Å²) in [7, 11) is 1.43. The lowest BCUT2D eigenvalue weighted by Gasteiger charge is -2.24. The first-order valence-corrected chi connectivity index (χ1v) is 11.0. The summed E-state index contributed by atoms with van der Waals surface area (Å²) in [4.78, 5) is 29.1. The van der Waals surface area contributed by atoms with Gasteiger partial charge in [-0.15, -0.1) is 0 Å². The maximum absolute atomic E-state index is 12.5. The predicted octanol–water partition coefficient (Wildman–Crippen LogP) is 4.58. The fourth-order valence-electron chi connectivity index (χ4n) is 3.00. The molecule has 3 heterocycles. The van der Waals surface area contributed by atoms with Gasteiger partial charge in [0, 0.05) is 5.25 Å². The van der Waals surface area contributed by atoms with Crippen molar-refractivity contribution in [3.05, 3.63) is 51.8 Å². The molecular weight excluding hydrogens is 454 g/mol. The Morgan fingerprint density at radius 2 is 2.12 bits per heavy atom. The Hall–Kier alpha value is -3.38. The number of hydrogen-bond donors (Lipinski definition) is 1. The molecule has 0 radical (unpaired) electrons. The highest BCUT2D eigenvalue weighted by molar-refractivity contribution is 8.19. The number of benzene rings is 1. The second-order valence-corrected chi connectivity index (χ2v) is 9.19. The molecule has 0 fully saturated rings. The van der Waals surface area contributed by atoms with Gasteiger partial charge in [0.05, 0.1) is 41.2 Å². The van der Waals surface area contributed by atoms with Crippen LogP contribution in [0.4, 0.5) is 5.69 Å². The number of aliphatic imine (C=N–C) groups is 1. The van der Waals surface area contributed by atoms with Gasteiger partial charge in [0.1, 0.15) is 23.1 Å². The van der Waals surface area contributed by atoms with E-state index in [1.54, 1.807) is 18.2 Å². The molecule has 0 saturated carbocycles. The largest absolute Gasteiger partial charge is 0.497 e. The van der Waals surface area contributed by atoms with Crippen molar-refractivity contribution >= 4 is 57.6 Å². The Balaban J connectivity index is 1.67. The Morgan fingerprint density at radius 1 is 1.34 bits per heavy atom. The van der Waals surface area contributed by atoms with Crippen LogP contribution >= 0.6 is 23.7 Å². The molecule has 164 valence electrons. The molecule has 1 amide bonds. The number of hydrogen-bond acceptors (Lipinski definition) is 9. The van der Waals surface area contributed by atoms with Crippen LogP contribution < -0.4 is 4.74 Å². The first-order valence-electron chi connectivity index (χ1n) is 9.36. The van der Waals surface area contributed by atoms with Gasteiger partial charge in [-0.05, 0) is 30.3 Å². The van der Waals surface area contributed by atoms with Gasteiger partial charge in [0.15, 0.2) is 5.17 Å². The van der Waals surface area contributed by atoms with Gasteiger partial charge in [-0.2, -0.15) is 9.39 Å². The van der Waals surface area contributed by atoms with Crippen molar-refractivity contribution in [1.29, 1.82) is 5.41 Å². The van der Waals surface area contributed by atoms with Crippen LogP contribution in [0.15, 0.2) is 49.7 Å². The highest BCUT2D eigenvalue weighted by Gasteiger charge is 2.38. The fourth-order valence-corrected chi connectivity index (χ4v) is 4.68. The highest BCUT2D eigenvalue weighted by Crippen LogP contribution is 2.36. The minimum atomic E-state index is -0.576. The van der Waals surface area contributed by atoms with E-state index in [1.165, 1.54) is 42.0 Å². The summed E-state index contributed by atoms with van der Waals surface area (Å²) in [5.74, 6) is 0.237. The summed E-state index contributed by atoms with van der Waals surface area (Å²) in [5.41, 5.74) is 0.136. The normalized spacial score (nSPS) is 17.0. The van der Waals surface area contributed by atoms with Crippen molar-refractivity contribution in [3.8, 4) is 17.1 Å². The number of thioether (sulfide) groups is 1. The second kappa shape index (κ2) is 8.63. The van der Waals surface area contributed by atoms with Crippen molar-refractivity contribution in [3.63, 3.8) is 0 Å². The molecule has 0 saturated heterocycles. The number of amides is 1. The van der Waals surface area contributed by atoms with E-state index in [0.717, 1.165) is 11.9 Å². The number of nitro benzene ring substituents is 1. The van der Waals surface area contributed by atoms with Gasteiger partial charge < -0.3 is 9.15 Å². The molecule has 2 aromatic rings. The maximum atomic E-state index is 12.5. The predicted molar refractivity (Wildman–Crippen MR) is 125 cm³/mol. The molecule has 0 bridgehead atoms. The molecule has 1 N–H and O–H groups in total. The average Bonchev–Trinajstić information content (AvgIpc) is 3.37. The Bertz CT molecular complexity index is 1230. The lowest BCUT2D eigenvalue weighted by Crippen LogP contribution is -2.41. The number of ether oxygens (including phenoxy) is 1. The second-order valence-electron chi connectivity index (χ2n) is 6.92. The molecule has 10 nitrogen and oxygen atoms in total. The fraction of sp³-hybridized carbons (Fsp3) is 0.200. The molecule has 0 atom stereocenters. The van der Waals surface area contributed by atoms with Crippen LogP contribution in [0, 0.1) is 15.5 Å². The summed E-state index contributed by atoms with van der Waals surface area (Å²) >= 11 is 2.52. The van der Waals surface area contributed by atoms with E-state index in [0.29, 0.717) is 16.1 Å². The number of nitro groups is 1. The Labute approximate surface area is 191 Å². The van der Waals surface area contributed by atoms with Gasteiger partial charge in [-0.1, -0.05) is 25.6 Å². The van der Waals surface area contributed by atoms with E-state index in [1.807, 2.05) is 13.8 Å². The number of furan rings is 1. The molecule has 2 aliphatic rings. The molecule has 12 heteroatoms. The molecule has 32 heavy (non-hydrogen) atoms. The SMILES string of the molecule is COc1ccc(-c2ccc(/C=C3/C(=N)N4C(=NC3=O)SN=C4SC(C)C)o2)c([N+](=O)[O-])c1. The summed E-state index contributed by atoms with van der Waals surface area (Å²) in [6, 6.07) is 7.58. The summed E-state index contributed by atoms with van der Waals surface area (Å²) in [6.07, 6.45) is 1.41. The van der Waals surface area contributed by atoms with Crippen LogP contribution in [0.25, 0.3) is 17.4 Å². The van der Waals surface area contributed by atoms with Gasteiger partial charge in [0.25, 0.3) is 11.6 Å². The van der Waals surface area contributed by atoms with Crippen LogP contribution in [-0.2, 0) is 4.79 Å². The van der Waals surface area contributed by atoms with Crippen molar-refractivity contribution in [1.82, 2.24) is 4.90 Å². The number of carbonyl (C=O) groups excluding carboxylic acids is 1. The molecule has 2 aliphatic heterocycles. The smallest absolute Gasteiger partial charge is 0.284 e. The van der Waals surface area contributed by atoms with Crippen LogP contribution in [0.2, 0.25) is 0 Å². The number of carbonyl (C=O) groups is 1. The topological polar surface area (TPSA) is 134 Å². The molecule has 1 aromatic carbocycles. The molecule has 0 spiro atoms. The van der Waals surface area contributed by atoms with E-state index in [4.69, 9.17) is 14.6 Å². The Kier molecular flexibility index (Phi) is 5.89. The molecular formula is C20H17N5O5S2. The maximum Gasteiger partial charge on any atom is 0.284 e. The van der Waals surface area contributed by atoms with E-state index in [-0.39, 0.29) is 39.4 Å². The summed E-state index contributed by atoms with van der Waals surface area (Å²) in [5, 5.41) is 21.2. The van der Waals surface area contributed by atoms with Crippen molar-refractivity contribution < 1.29 is 18.9 Å². The molecule has 0 unspecified atom stereocenters. The zero-order valence-corrected chi connectivity index (χ0v) is 18.8. The number of fused-ring (bicyclic) bond motifs is 1. The van der Waals surface area contributed by atoms with Crippen molar-refractivity contribution in [2.24, 2.45) is 9.39 Å². The van der Waals surface area contributed by atoms with E-state index in [9.17, 15) is 14.9 Å². The monoisotopic (exact) mass is 471 g/mol. The van der Waals surface area contributed by atoms with Crippen molar-refractivity contribution in [2.75, 3.05) is 7.11 Å². The first kappa shape index (κ1) is 21.8. The van der Waals surface area contributed by atoms with Crippen LogP contribution in [0.5, 0.6) is 5.75 Å². The third kappa shape index (κ3) is 4.06. The van der Waals surface area contributed by atoms with E-state index in [2.05, 4.69) is 9.39 Å². The van der Waals surface area contributed by atoms with Crippen molar-refractivity contribution in [2.45, 2.75) is 19.1 Å². The number of amidine groups is 3. The standard InChI is InChI=1S/C20H17N5O5S2/c1-10(2)31-20-23-32-19-22-18(26)14(17(21)24(19)20)8-12-5-7-16(30-12)13-6-4-11(29-3)9-15(13)25(27)28/h4-10,21H,1-3H3/b14-8-,21-17?. The van der Waals surface area contributed by atoms with Gasteiger partial charge >= 0.3 is 0 Å². The van der Waals surface area contributed by atoms with Gasteiger partial charge in [0.2, 0.25) is 5.17 Å².